The molecule has 8 nitrogen and oxygen atoms in total. The van der Waals surface area contributed by atoms with Gasteiger partial charge in [-0.05, 0) is 19.2 Å². The molecule has 141 valence electrons. The van der Waals surface area contributed by atoms with Crippen LogP contribution in [0.25, 0.3) is 11.4 Å². The van der Waals surface area contributed by atoms with Crippen LogP contribution in [0.15, 0.2) is 48.2 Å². The molecule has 0 aliphatic carbocycles. The van der Waals surface area contributed by atoms with Crippen LogP contribution in [0, 0.1) is 24.6 Å². The summed E-state index contributed by atoms with van der Waals surface area (Å²) in [6, 6.07) is 9.00. The maximum absolute atomic E-state index is 13.1. The first-order valence-corrected chi connectivity index (χ1v) is 7.31. The smallest absolute Gasteiger partial charge is 0.130 e. The topological polar surface area (TPSA) is 83.3 Å². The molecule has 0 bridgehead atoms. The van der Waals surface area contributed by atoms with E-state index < -0.39 is 11.9 Å². The second-order valence-electron chi connectivity index (χ2n) is 4.90. The summed E-state index contributed by atoms with van der Waals surface area (Å²) in [5.41, 5.74) is -0.0752. The van der Waals surface area contributed by atoms with Gasteiger partial charge in [0.1, 0.15) is 30.4 Å². The molecule has 11 heteroatoms. The van der Waals surface area contributed by atoms with E-state index in [1.54, 1.807) is 17.5 Å². The molecule has 0 N–H and O–H groups in total. The van der Waals surface area contributed by atoms with Gasteiger partial charge in [-0.2, -0.15) is 5.10 Å². The Balaban J connectivity index is 0.000000189. The van der Waals surface area contributed by atoms with Gasteiger partial charge in [0.05, 0.1) is 12.2 Å². The Bertz CT molecular complexity index is 882. The van der Waals surface area contributed by atoms with Gasteiger partial charge in [-0.3, -0.25) is 15.0 Å². The molecule has 3 aromatic rings. The Labute approximate surface area is 167 Å². The molecule has 4 rings (SSSR count). The van der Waals surface area contributed by atoms with Crippen LogP contribution in [0.3, 0.4) is 0 Å². The van der Waals surface area contributed by atoms with Crippen LogP contribution < -0.4 is 5.01 Å². The van der Waals surface area contributed by atoms with Gasteiger partial charge in [0.2, 0.25) is 0 Å². The van der Waals surface area contributed by atoms with Crippen molar-refractivity contribution in [1.29, 1.82) is 0 Å². The Hall–Kier alpha value is -2.91. The second-order valence-corrected chi connectivity index (χ2v) is 4.90. The minimum atomic E-state index is -0.990. The fourth-order valence-electron chi connectivity index (χ4n) is 1.88. The van der Waals surface area contributed by atoms with Crippen molar-refractivity contribution in [2.45, 2.75) is 0 Å². The Morgan fingerprint density at radius 2 is 1.89 bits per heavy atom. The normalized spacial score (nSPS) is 12.3. The zero-order valence-corrected chi connectivity index (χ0v) is 16.3. The van der Waals surface area contributed by atoms with Crippen molar-refractivity contribution in [3.05, 3.63) is 67.7 Å². The van der Waals surface area contributed by atoms with Crippen molar-refractivity contribution < 1.29 is 28.9 Å². The zero-order valence-electron chi connectivity index (χ0n) is 13.9. The van der Waals surface area contributed by atoms with E-state index in [9.17, 15) is 8.78 Å². The van der Waals surface area contributed by atoms with Gasteiger partial charge in [-0.15, -0.1) is 12.7 Å². The third kappa shape index (κ3) is 5.53. The molecule has 0 unspecified atom stereocenters. The molecule has 1 radical (unpaired) electrons. The van der Waals surface area contributed by atoms with Crippen LogP contribution in [0.1, 0.15) is 0 Å². The number of anilines is 1. The van der Waals surface area contributed by atoms with Gasteiger partial charge in [0.15, 0.2) is 0 Å². The number of hydrogen-bond donors (Lipinski definition) is 0. The predicted molar refractivity (Wildman–Crippen MR) is 89.1 cm³/mol. The molecule has 0 aromatic carbocycles. The van der Waals surface area contributed by atoms with E-state index in [4.69, 9.17) is 0 Å². The maximum Gasteiger partial charge on any atom is 0.130 e. The molecular weight excluding hydrogens is 534 g/mol. The van der Waals surface area contributed by atoms with E-state index in [-0.39, 0.29) is 31.5 Å². The largest absolute Gasteiger partial charge is 0.493 e. The summed E-state index contributed by atoms with van der Waals surface area (Å²) < 4.78 is 25.5. The molecule has 0 amide bonds. The SMILES string of the molecule is CN1C=NN(c2ccccn2)[CH-]1.Fc1c[c-]c(-c2ncncn2)c(F)n1.[Ir]. The molecule has 0 spiro atoms. The first kappa shape index (κ1) is 20.4. The average molecular weight is 547 g/mol. The summed E-state index contributed by atoms with van der Waals surface area (Å²) in [6.45, 7) is 1.86. The van der Waals surface area contributed by atoms with Crippen molar-refractivity contribution in [2.75, 3.05) is 12.1 Å². The first-order valence-electron chi connectivity index (χ1n) is 7.31. The molecule has 1 aliphatic heterocycles. The fourth-order valence-corrected chi connectivity index (χ4v) is 1.88. The minimum Gasteiger partial charge on any atom is -0.493 e. The summed E-state index contributed by atoms with van der Waals surface area (Å²) >= 11 is 0. The van der Waals surface area contributed by atoms with Gasteiger partial charge in [0.25, 0.3) is 0 Å². The monoisotopic (exact) mass is 547 g/mol. The zero-order chi connectivity index (χ0) is 18.4. The number of aromatic nitrogens is 5. The number of hydrogen-bond acceptors (Lipinski definition) is 8. The van der Waals surface area contributed by atoms with Crippen molar-refractivity contribution >= 4 is 12.2 Å². The summed E-state index contributed by atoms with van der Waals surface area (Å²) in [5, 5.41) is 5.83. The van der Waals surface area contributed by atoms with Crippen molar-refractivity contribution in [1.82, 2.24) is 29.8 Å². The van der Waals surface area contributed by atoms with E-state index in [0.717, 1.165) is 11.9 Å². The van der Waals surface area contributed by atoms with Crippen LogP contribution in [0.2, 0.25) is 0 Å². The molecule has 27 heavy (non-hydrogen) atoms. The molecule has 0 saturated heterocycles. The number of rotatable bonds is 2. The van der Waals surface area contributed by atoms with Crippen LogP contribution >= 0.6 is 0 Å². The van der Waals surface area contributed by atoms with Crippen LogP contribution in [0.5, 0.6) is 0 Å². The van der Waals surface area contributed by atoms with Gasteiger partial charge in [-0.25, -0.2) is 18.7 Å². The Morgan fingerprint density at radius 3 is 2.48 bits per heavy atom. The van der Waals surface area contributed by atoms with E-state index in [2.05, 4.69) is 36.1 Å². The number of pyridine rings is 2. The average Bonchev–Trinajstić information content (AvgIpc) is 3.10. The molecule has 3 aromatic heterocycles. The summed E-state index contributed by atoms with van der Waals surface area (Å²) in [6.07, 6.45) is 5.89. The van der Waals surface area contributed by atoms with Crippen LogP contribution in [-0.4, -0.2) is 43.2 Å². The molecule has 0 atom stereocenters. The molecule has 1 aliphatic rings. The van der Waals surface area contributed by atoms with Gasteiger partial charge in [0, 0.05) is 26.3 Å². The number of halogens is 2. The van der Waals surface area contributed by atoms with Crippen LogP contribution in [0.4, 0.5) is 14.6 Å². The van der Waals surface area contributed by atoms with Gasteiger partial charge in [-0.1, -0.05) is 17.7 Å². The maximum atomic E-state index is 13.1. The van der Waals surface area contributed by atoms with Gasteiger partial charge < -0.3 is 9.91 Å². The van der Waals surface area contributed by atoms with Gasteiger partial charge >= 0.3 is 0 Å². The fraction of sp³-hybridized carbons (Fsp3) is 0.0625. The third-order valence-corrected chi connectivity index (χ3v) is 3.00. The van der Waals surface area contributed by atoms with E-state index in [1.807, 2.05) is 36.8 Å². The molecule has 0 fully saturated rings. The Kier molecular flexibility index (Phi) is 7.33. The first-order chi connectivity index (χ1) is 12.6. The van der Waals surface area contributed by atoms with E-state index in [1.165, 1.54) is 12.7 Å². The third-order valence-electron chi connectivity index (χ3n) is 3.00. The van der Waals surface area contributed by atoms with E-state index >= 15 is 0 Å². The Morgan fingerprint density at radius 1 is 1.11 bits per heavy atom. The predicted octanol–water partition coefficient (Wildman–Crippen LogP) is 1.91. The quantitative estimate of drug-likeness (QED) is 0.359. The standard InChI is InChI=1S/C8H3F2N4.C8H9N4.Ir/c9-6-2-1-5(7(10)14-6)8-12-3-11-4-13-8;1-11-6-10-12(7-11)8-4-2-3-5-9-8;/h2-4H;2-7H,1H3;/q2*-1;. The van der Waals surface area contributed by atoms with Crippen molar-refractivity contribution in [3.8, 4) is 11.4 Å². The van der Waals surface area contributed by atoms with Crippen LogP contribution in [-0.2, 0) is 20.1 Å². The molecular formula is C16H12F2IrN8-2. The summed E-state index contributed by atoms with van der Waals surface area (Å²) in [5.74, 6) is -1.01. The molecule has 4 heterocycles. The molecule has 0 saturated carbocycles. The van der Waals surface area contributed by atoms with E-state index in [0.29, 0.717) is 0 Å². The number of hydrazone groups is 1. The number of nitrogens with zero attached hydrogens (tertiary/aromatic N) is 8. The van der Waals surface area contributed by atoms with Crippen molar-refractivity contribution in [2.24, 2.45) is 5.10 Å². The summed E-state index contributed by atoms with van der Waals surface area (Å²) in [7, 11) is 1.92. The van der Waals surface area contributed by atoms with Crippen molar-refractivity contribution in [3.63, 3.8) is 0 Å². The second kappa shape index (κ2) is 9.69. The minimum absolute atomic E-state index is 0. The summed E-state index contributed by atoms with van der Waals surface area (Å²) in [4.78, 5) is 19.9.